The first-order valence-electron chi connectivity index (χ1n) is 5.47. The first-order valence-corrected chi connectivity index (χ1v) is 6.29. The van der Waals surface area contributed by atoms with Crippen LogP contribution in [0.15, 0.2) is 24.3 Å². The van der Waals surface area contributed by atoms with Gasteiger partial charge in [-0.05, 0) is 30.5 Å². The van der Waals surface area contributed by atoms with Gasteiger partial charge in [0.15, 0.2) is 0 Å². The predicted octanol–water partition coefficient (Wildman–Crippen LogP) is 2.58. The standard InChI is InChI=1S/C12H15FN2OS/c1-2-16-7-10(15-14)12-5-8-3-4-9(13)6-11(8)17-12/h3-6,10,15H,2,7,14H2,1H3. The maximum atomic E-state index is 13.1. The molecule has 0 aliphatic rings. The van der Waals surface area contributed by atoms with Crippen molar-refractivity contribution in [3.63, 3.8) is 0 Å². The predicted molar refractivity (Wildman–Crippen MR) is 68.3 cm³/mol. The number of hydrogen-bond donors (Lipinski definition) is 2. The van der Waals surface area contributed by atoms with Crippen LogP contribution in [-0.2, 0) is 4.74 Å². The highest BCUT2D eigenvalue weighted by Gasteiger charge is 2.13. The lowest BCUT2D eigenvalue weighted by Crippen LogP contribution is -2.30. The lowest BCUT2D eigenvalue weighted by Gasteiger charge is -2.13. The van der Waals surface area contributed by atoms with Gasteiger partial charge in [0.05, 0.1) is 12.6 Å². The van der Waals surface area contributed by atoms with Crippen molar-refractivity contribution in [2.75, 3.05) is 13.2 Å². The zero-order valence-electron chi connectivity index (χ0n) is 9.57. The van der Waals surface area contributed by atoms with E-state index in [0.717, 1.165) is 15.0 Å². The molecule has 92 valence electrons. The highest BCUT2D eigenvalue weighted by Crippen LogP contribution is 2.30. The number of fused-ring (bicyclic) bond motifs is 1. The fourth-order valence-electron chi connectivity index (χ4n) is 1.65. The number of hydrogen-bond acceptors (Lipinski definition) is 4. The first kappa shape index (κ1) is 12.4. The van der Waals surface area contributed by atoms with Crippen molar-refractivity contribution in [1.82, 2.24) is 5.43 Å². The van der Waals surface area contributed by atoms with Gasteiger partial charge in [0.2, 0.25) is 0 Å². The Balaban J connectivity index is 2.27. The summed E-state index contributed by atoms with van der Waals surface area (Å²) >= 11 is 1.53. The monoisotopic (exact) mass is 254 g/mol. The number of nitrogens with two attached hydrogens (primary N) is 1. The maximum absolute atomic E-state index is 13.1. The summed E-state index contributed by atoms with van der Waals surface area (Å²) in [5.41, 5.74) is 2.72. The molecule has 1 aromatic carbocycles. The summed E-state index contributed by atoms with van der Waals surface area (Å²) in [6.45, 7) is 3.11. The summed E-state index contributed by atoms with van der Waals surface area (Å²) in [4.78, 5) is 1.06. The van der Waals surface area contributed by atoms with Crippen molar-refractivity contribution in [3.05, 3.63) is 35.0 Å². The smallest absolute Gasteiger partial charge is 0.124 e. The van der Waals surface area contributed by atoms with E-state index in [1.165, 1.54) is 23.5 Å². The molecule has 17 heavy (non-hydrogen) atoms. The Morgan fingerprint density at radius 2 is 2.29 bits per heavy atom. The quantitative estimate of drug-likeness (QED) is 0.637. The van der Waals surface area contributed by atoms with Crippen LogP contribution in [0.5, 0.6) is 0 Å². The van der Waals surface area contributed by atoms with Gasteiger partial charge in [-0.25, -0.2) is 9.82 Å². The number of thiophene rings is 1. The van der Waals surface area contributed by atoms with Gasteiger partial charge in [0.25, 0.3) is 0 Å². The molecule has 0 radical (unpaired) electrons. The van der Waals surface area contributed by atoms with Crippen LogP contribution in [0.3, 0.4) is 0 Å². The highest BCUT2D eigenvalue weighted by molar-refractivity contribution is 7.19. The van der Waals surface area contributed by atoms with E-state index in [1.54, 1.807) is 6.07 Å². The first-order chi connectivity index (χ1) is 8.24. The molecule has 0 aliphatic heterocycles. The van der Waals surface area contributed by atoms with Crippen LogP contribution in [0.4, 0.5) is 4.39 Å². The SMILES string of the molecule is CCOCC(NN)c1cc2ccc(F)cc2s1. The van der Waals surface area contributed by atoms with Crippen LogP contribution in [0, 0.1) is 5.82 Å². The topological polar surface area (TPSA) is 47.3 Å². The third-order valence-corrected chi connectivity index (χ3v) is 3.75. The average Bonchev–Trinajstić information content (AvgIpc) is 2.72. The minimum absolute atomic E-state index is 0.0459. The minimum atomic E-state index is -0.215. The summed E-state index contributed by atoms with van der Waals surface area (Å²) in [5, 5.41) is 1.03. The third kappa shape index (κ3) is 2.81. The number of hydrazine groups is 1. The molecule has 1 unspecified atom stereocenters. The second kappa shape index (κ2) is 5.55. The van der Waals surface area contributed by atoms with Crippen molar-refractivity contribution in [1.29, 1.82) is 0 Å². The molecule has 2 rings (SSSR count). The molecule has 1 aromatic heterocycles. The molecule has 0 fully saturated rings. The van der Waals surface area contributed by atoms with Crippen LogP contribution >= 0.6 is 11.3 Å². The molecule has 1 heterocycles. The highest BCUT2D eigenvalue weighted by atomic mass is 32.1. The van der Waals surface area contributed by atoms with Crippen LogP contribution in [0.1, 0.15) is 17.8 Å². The van der Waals surface area contributed by atoms with E-state index in [0.29, 0.717) is 13.2 Å². The molecule has 1 atom stereocenters. The van der Waals surface area contributed by atoms with E-state index >= 15 is 0 Å². The Labute approximate surface area is 103 Å². The number of rotatable bonds is 5. The fourth-order valence-corrected chi connectivity index (χ4v) is 2.78. The summed E-state index contributed by atoms with van der Waals surface area (Å²) < 4.78 is 19.4. The number of nitrogens with one attached hydrogen (secondary N) is 1. The lowest BCUT2D eigenvalue weighted by molar-refractivity contribution is 0.124. The summed E-state index contributed by atoms with van der Waals surface area (Å²) in [6, 6.07) is 6.75. The van der Waals surface area contributed by atoms with Crippen LogP contribution < -0.4 is 11.3 Å². The molecule has 5 heteroatoms. The zero-order chi connectivity index (χ0) is 12.3. The van der Waals surface area contributed by atoms with E-state index in [4.69, 9.17) is 10.6 Å². The van der Waals surface area contributed by atoms with Gasteiger partial charge in [0, 0.05) is 16.2 Å². The molecular formula is C12H15FN2OS. The lowest BCUT2D eigenvalue weighted by atomic mass is 10.2. The Morgan fingerprint density at radius 3 is 3.00 bits per heavy atom. The van der Waals surface area contributed by atoms with Crippen LogP contribution in [0.2, 0.25) is 0 Å². The molecule has 0 aliphatic carbocycles. The molecule has 0 amide bonds. The third-order valence-electron chi connectivity index (χ3n) is 2.53. The Hall–Kier alpha value is -1.01. The summed E-state index contributed by atoms with van der Waals surface area (Å²) in [5.74, 6) is 5.29. The molecule has 3 nitrogen and oxygen atoms in total. The van der Waals surface area contributed by atoms with Crippen molar-refractivity contribution in [3.8, 4) is 0 Å². The van der Waals surface area contributed by atoms with Crippen LogP contribution in [0.25, 0.3) is 10.1 Å². The second-order valence-electron chi connectivity index (χ2n) is 3.71. The van der Waals surface area contributed by atoms with E-state index in [1.807, 2.05) is 13.0 Å². The molecule has 0 bridgehead atoms. The number of ether oxygens (including phenoxy) is 1. The number of benzene rings is 1. The zero-order valence-corrected chi connectivity index (χ0v) is 10.4. The van der Waals surface area contributed by atoms with Gasteiger partial charge >= 0.3 is 0 Å². The van der Waals surface area contributed by atoms with E-state index in [2.05, 4.69) is 5.43 Å². The normalized spacial score (nSPS) is 13.1. The molecule has 0 saturated heterocycles. The average molecular weight is 254 g/mol. The summed E-state index contributed by atoms with van der Waals surface area (Å²) in [6.07, 6.45) is 0. The van der Waals surface area contributed by atoms with Gasteiger partial charge < -0.3 is 4.74 Å². The fraction of sp³-hybridized carbons (Fsp3) is 0.333. The van der Waals surface area contributed by atoms with E-state index < -0.39 is 0 Å². The largest absolute Gasteiger partial charge is 0.380 e. The van der Waals surface area contributed by atoms with Gasteiger partial charge in [-0.1, -0.05) is 6.07 Å². The van der Waals surface area contributed by atoms with Crippen molar-refractivity contribution in [2.24, 2.45) is 5.84 Å². The molecule has 0 saturated carbocycles. The molecule has 3 N–H and O–H groups in total. The van der Waals surface area contributed by atoms with E-state index in [9.17, 15) is 4.39 Å². The van der Waals surface area contributed by atoms with Crippen molar-refractivity contribution in [2.45, 2.75) is 13.0 Å². The van der Waals surface area contributed by atoms with Crippen LogP contribution in [-0.4, -0.2) is 13.2 Å². The minimum Gasteiger partial charge on any atom is -0.380 e. The van der Waals surface area contributed by atoms with Gasteiger partial charge in [0.1, 0.15) is 5.82 Å². The van der Waals surface area contributed by atoms with Gasteiger partial charge in [-0.2, -0.15) is 0 Å². The maximum Gasteiger partial charge on any atom is 0.124 e. The Kier molecular flexibility index (Phi) is 4.06. The second-order valence-corrected chi connectivity index (χ2v) is 4.82. The molecule has 2 aromatic rings. The Morgan fingerprint density at radius 1 is 1.47 bits per heavy atom. The van der Waals surface area contributed by atoms with E-state index in [-0.39, 0.29) is 11.9 Å². The molecule has 0 spiro atoms. The van der Waals surface area contributed by atoms with Gasteiger partial charge in [-0.3, -0.25) is 5.84 Å². The van der Waals surface area contributed by atoms with Crippen molar-refractivity contribution < 1.29 is 9.13 Å². The number of halogens is 1. The Bertz CT molecular complexity index is 500. The summed E-state index contributed by atoms with van der Waals surface area (Å²) in [7, 11) is 0. The van der Waals surface area contributed by atoms with Gasteiger partial charge in [-0.15, -0.1) is 11.3 Å². The molecular weight excluding hydrogens is 239 g/mol. The van der Waals surface area contributed by atoms with Crippen molar-refractivity contribution >= 4 is 21.4 Å².